The van der Waals surface area contributed by atoms with E-state index in [1.54, 1.807) is 11.8 Å². The Hall–Kier alpha value is -1.52. The second-order valence-corrected chi connectivity index (χ2v) is 3.55. The highest BCUT2D eigenvalue weighted by Crippen LogP contribution is 2.15. The van der Waals surface area contributed by atoms with Crippen molar-refractivity contribution in [1.29, 1.82) is 0 Å². The van der Waals surface area contributed by atoms with Crippen molar-refractivity contribution >= 4 is 12.3 Å². The third-order valence-electron chi connectivity index (χ3n) is 2.47. The number of carbonyl (C=O) groups is 1. The molecular formula is C11H18N2O3. The van der Waals surface area contributed by atoms with E-state index < -0.39 is 0 Å². The monoisotopic (exact) mass is 226 g/mol. The summed E-state index contributed by atoms with van der Waals surface area (Å²) in [4.78, 5) is 13.3. The average Bonchev–Trinajstić information content (AvgIpc) is 2.30. The lowest BCUT2D eigenvalue weighted by atomic mass is 10.1. The van der Waals surface area contributed by atoms with Gasteiger partial charge < -0.3 is 14.8 Å². The van der Waals surface area contributed by atoms with Crippen molar-refractivity contribution in [1.82, 2.24) is 4.90 Å². The van der Waals surface area contributed by atoms with Gasteiger partial charge in [0, 0.05) is 12.8 Å². The number of nitrogens with zero attached hydrogens (tertiary/aromatic N) is 2. The molecule has 0 aliphatic carbocycles. The van der Waals surface area contributed by atoms with E-state index >= 15 is 0 Å². The fraction of sp³-hybridized carbons (Fsp3) is 0.636. The van der Waals surface area contributed by atoms with Crippen molar-refractivity contribution < 1.29 is 14.7 Å². The lowest BCUT2D eigenvalue weighted by Gasteiger charge is -2.31. The molecule has 1 atom stereocenters. The Labute approximate surface area is 95.4 Å². The fourth-order valence-electron chi connectivity index (χ4n) is 1.72. The average molecular weight is 226 g/mol. The van der Waals surface area contributed by atoms with Crippen LogP contribution in [0.25, 0.3) is 0 Å². The Morgan fingerprint density at radius 2 is 2.56 bits per heavy atom. The molecule has 0 fully saturated rings. The summed E-state index contributed by atoms with van der Waals surface area (Å²) in [5.41, 5.74) is 0. The maximum atomic E-state index is 11.6. The summed E-state index contributed by atoms with van der Waals surface area (Å²) in [6, 6.07) is 0.0470. The first kappa shape index (κ1) is 12.5. The molecule has 90 valence electrons. The Morgan fingerprint density at radius 3 is 3.25 bits per heavy atom. The first-order valence-electron chi connectivity index (χ1n) is 5.55. The van der Waals surface area contributed by atoms with Crippen LogP contribution in [0.5, 0.6) is 0 Å². The van der Waals surface area contributed by atoms with Crippen LogP contribution in [-0.2, 0) is 4.74 Å². The van der Waals surface area contributed by atoms with E-state index in [-0.39, 0.29) is 12.1 Å². The highest BCUT2D eigenvalue weighted by Gasteiger charge is 2.23. The highest BCUT2D eigenvalue weighted by atomic mass is 16.6. The van der Waals surface area contributed by atoms with Gasteiger partial charge in [-0.1, -0.05) is 12.2 Å². The maximum absolute atomic E-state index is 11.6. The molecule has 0 radical (unpaired) electrons. The van der Waals surface area contributed by atoms with Gasteiger partial charge in [0.2, 0.25) is 0 Å². The molecule has 0 bridgehead atoms. The van der Waals surface area contributed by atoms with Crippen LogP contribution in [0.3, 0.4) is 0 Å². The van der Waals surface area contributed by atoms with Gasteiger partial charge in [0.25, 0.3) is 0 Å². The number of hydrogen-bond donors (Lipinski definition) is 1. The predicted octanol–water partition coefficient (Wildman–Crippen LogP) is 2.01. The van der Waals surface area contributed by atoms with Crippen LogP contribution < -0.4 is 0 Å². The zero-order valence-electron chi connectivity index (χ0n) is 9.50. The molecule has 0 aromatic heterocycles. The summed E-state index contributed by atoms with van der Waals surface area (Å²) >= 11 is 0. The zero-order chi connectivity index (χ0) is 11.8. The van der Waals surface area contributed by atoms with Gasteiger partial charge in [0.15, 0.2) is 0 Å². The summed E-state index contributed by atoms with van der Waals surface area (Å²) in [6.45, 7) is 2.88. The Morgan fingerprint density at radius 1 is 1.75 bits per heavy atom. The van der Waals surface area contributed by atoms with Crippen LogP contribution in [0.1, 0.15) is 26.2 Å². The second kappa shape index (κ2) is 6.87. The van der Waals surface area contributed by atoms with E-state index in [4.69, 9.17) is 9.94 Å². The molecule has 16 heavy (non-hydrogen) atoms. The molecule has 0 aromatic rings. The number of hydrogen-bond acceptors (Lipinski definition) is 4. The molecule has 1 rings (SSSR count). The maximum Gasteiger partial charge on any atom is 0.410 e. The smallest absolute Gasteiger partial charge is 0.410 e. The first-order chi connectivity index (χ1) is 7.79. The van der Waals surface area contributed by atoms with Gasteiger partial charge in [-0.25, -0.2) is 4.79 Å². The standard InChI is InChI=1S/C11H18N2O3/c1-2-16-11(14)13-9-4-3-6-10(13)7-5-8-12-15/h3,6,8,10,15H,2,4-5,7,9H2,1H3/b12-8-. The van der Waals surface area contributed by atoms with Crippen LogP contribution in [0.4, 0.5) is 4.79 Å². The Kier molecular flexibility index (Phi) is 5.39. The van der Waals surface area contributed by atoms with Gasteiger partial charge in [-0.3, -0.25) is 0 Å². The minimum absolute atomic E-state index is 0.0470. The van der Waals surface area contributed by atoms with Crippen LogP contribution in [0, 0.1) is 0 Å². The summed E-state index contributed by atoms with van der Waals surface area (Å²) in [5, 5.41) is 11.2. The molecule has 0 saturated heterocycles. The SMILES string of the molecule is CCOC(=O)N1CCC=CC1CC/C=N\O. The van der Waals surface area contributed by atoms with Gasteiger partial charge in [-0.05, 0) is 26.2 Å². The molecule has 0 aromatic carbocycles. The number of rotatable bonds is 4. The van der Waals surface area contributed by atoms with Crippen molar-refractivity contribution in [2.24, 2.45) is 5.16 Å². The van der Waals surface area contributed by atoms with Crippen molar-refractivity contribution in [2.75, 3.05) is 13.2 Å². The minimum atomic E-state index is -0.266. The molecule has 1 aliphatic heterocycles. The van der Waals surface area contributed by atoms with Crippen molar-refractivity contribution in [3.8, 4) is 0 Å². The van der Waals surface area contributed by atoms with Crippen molar-refractivity contribution in [3.63, 3.8) is 0 Å². The largest absolute Gasteiger partial charge is 0.450 e. The predicted molar refractivity (Wildman–Crippen MR) is 60.8 cm³/mol. The van der Waals surface area contributed by atoms with Gasteiger partial charge in [0.05, 0.1) is 12.6 Å². The number of carbonyl (C=O) groups excluding carboxylic acids is 1. The van der Waals surface area contributed by atoms with Crippen LogP contribution in [0.15, 0.2) is 17.3 Å². The molecule has 5 heteroatoms. The minimum Gasteiger partial charge on any atom is -0.450 e. The number of ether oxygens (including phenoxy) is 1. The fourth-order valence-corrected chi connectivity index (χ4v) is 1.72. The second-order valence-electron chi connectivity index (χ2n) is 3.55. The lowest BCUT2D eigenvalue weighted by molar-refractivity contribution is 0.0951. The molecule has 0 saturated carbocycles. The summed E-state index contributed by atoms with van der Waals surface area (Å²) < 4.78 is 4.99. The zero-order valence-corrected chi connectivity index (χ0v) is 9.50. The molecule has 1 unspecified atom stereocenters. The van der Waals surface area contributed by atoms with E-state index in [2.05, 4.69) is 11.2 Å². The van der Waals surface area contributed by atoms with Crippen LogP contribution in [0.2, 0.25) is 0 Å². The van der Waals surface area contributed by atoms with E-state index in [1.807, 2.05) is 6.08 Å². The van der Waals surface area contributed by atoms with Gasteiger partial charge >= 0.3 is 6.09 Å². The number of amides is 1. The first-order valence-corrected chi connectivity index (χ1v) is 5.55. The lowest BCUT2D eigenvalue weighted by Crippen LogP contribution is -2.42. The Balaban J connectivity index is 2.52. The third-order valence-corrected chi connectivity index (χ3v) is 2.47. The number of oxime groups is 1. The normalized spacial score (nSPS) is 20.3. The van der Waals surface area contributed by atoms with Crippen molar-refractivity contribution in [2.45, 2.75) is 32.2 Å². The van der Waals surface area contributed by atoms with Gasteiger partial charge in [-0.15, -0.1) is 5.16 Å². The highest BCUT2D eigenvalue weighted by molar-refractivity contribution is 5.68. The third kappa shape index (κ3) is 3.56. The van der Waals surface area contributed by atoms with Crippen LogP contribution >= 0.6 is 0 Å². The molecule has 1 amide bonds. The summed E-state index contributed by atoms with van der Waals surface area (Å²) in [5.74, 6) is 0. The quantitative estimate of drug-likeness (QED) is 0.345. The molecule has 5 nitrogen and oxygen atoms in total. The molecule has 0 spiro atoms. The van der Waals surface area contributed by atoms with Crippen molar-refractivity contribution in [3.05, 3.63) is 12.2 Å². The van der Waals surface area contributed by atoms with E-state index in [0.717, 1.165) is 12.8 Å². The van der Waals surface area contributed by atoms with E-state index in [9.17, 15) is 4.79 Å². The summed E-state index contributed by atoms with van der Waals surface area (Å²) in [7, 11) is 0. The Bertz CT molecular complexity index is 276. The molecular weight excluding hydrogens is 208 g/mol. The molecule has 1 heterocycles. The van der Waals surface area contributed by atoms with E-state index in [1.165, 1.54) is 6.21 Å². The van der Waals surface area contributed by atoms with E-state index in [0.29, 0.717) is 19.6 Å². The van der Waals surface area contributed by atoms with Gasteiger partial charge in [-0.2, -0.15) is 0 Å². The van der Waals surface area contributed by atoms with Gasteiger partial charge in [0.1, 0.15) is 0 Å². The van der Waals surface area contributed by atoms with Crippen LogP contribution in [-0.4, -0.2) is 41.6 Å². The molecule has 1 N–H and O–H groups in total. The molecule has 1 aliphatic rings. The topological polar surface area (TPSA) is 62.1 Å². The summed E-state index contributed by atoms with van der Waals surface area (Å²) in [6.07, 6.45) is 7.50.